The molecular formula is C32H32FN5O2. The second-order valence-corrected chi connectivity index (χ2v) is 13.4. The highest BCUT2D eigenvalue weighted by molar-refractivity contribution is 6.00. The lowest BCUT2D eigenvalue weighted by Gasteiger charge is -2.65. The van der Waals surface area contributed by atoms with Crippen LogP contribution in [0.2, 0.25) is 0 Å². The van der Waals surface area contributed by atoms with E-state index in [2.05, 4.69) is 16.2 Å². The molecule has 0 atom stereocenters. The summed E-state index contributed by atoms with van der Waals surface area (Å²) in [5.74, 6) is 2.24. The molecule has 1 amide bonds. The summed E-state index contributed by atoms with van der Waals surface area (Å²) in [5, 5.41) is 13.6. The molecule has 0 spiro atoms. The normalized spacial score (nSPS) is 33.5. The van der Waals surface area contributed by atoms with Crippen LogP contribution in [0.15, 0.2) is 47.0 Å². The fourth-order valence-corrected chi connectivity index (χ4v) is 8.06. The average Bonchev–Trinajstić information content (AvgIpc) is 3.70. The van der Waals surface area contributed by atoms with E-state index >= 15 is 0 Å². The van der Waals surface area contributed by atoms with Crippen molar-refractivity contribution in [1.29, 1.82) is 5.26 Å². The monoisotopic (exact) mass is 537 g/mol. The summed E-state index contributed by atoms with van der Waals surface area (Å²) in [6.45, 7) is 0.634. The molecule has 40 heavy (non-hydrogen) atoms. The Hall–Kier alpha value is -3.60. The number of hydrogen-bond donors (Lipinski definition) is 0. The molecule has 2 heterocycles. The van der Waals surface area contributed by atoms with Crippen LogP contribution < -0.4 is 4.90 Å². The minimum absolute atomic E-state index is 0.0165. The quantitative estimate of drug-likeness (QED) is 0.346. The van der Waals surface area contributed by atoms with Crippen molar-refractivity contribution >= 4 is 11.6 Å². The predicted molar refractivity (Wildman–Crippen MR) is 145 cm³/mol. The number of anilines is 1. The summed E-state index contributed by atoms with van der Waals surface area (Å²) >= 11 is 0. The smallest absolute Gasteiger partial charge is 0.233 e. The standard InChI is InChI=1S/C32H32FN5O2/c33-32-17-31(18-32,19-32)28(39)38(24-5-1-3-22(15-24)25-6-2-4-23(16-34)35-25)20-29-9-12-30(13-10-29,14-11-29)27-36-26(37-40-27)21-7-8-21/h1-6,15,21H,7-14,17-20H2. The Morgan fingerprint density at radius 2 is 1.75 bits per heavy atom. The van der Waals surface area contributed by atoms with E-state index < -0.39 is 11.1 Å². The number of nitrogens with zero attached hydrogens (tertiary/aromatic N) is 5. The van der Waals surface area contributed by atoms with Crippen LogP contribution in [0.4, 0.5) is 10.1 Å². The number of halogens is 1. The maximum Gasteiger partial charge on any atom is 0.233 e. The third-order valence-corrected chi connectivity index (χ3v) is 10.7. The number of carbonyl (C=O) groups is 1. The third-order valence-electron chi connectivity index (χ3n) is 10.7. The fraction of sp³-hybridized carbons (Fsp3) is 0.531. The molecule has 0 unspecified atom stereocenters. The lowest BCUT2D eigenvalue weighted by Crippen LogP contribution is -2.71. The Labute approximate surface area is 232 Å². The minimum Gasteiger partial charge on any atom is -0.339 e. The first-order valence-corrected chi connectivity index (χ1v) is 14.7. The van der Waals surface area contributed by atoms with Crippen LogP contribution in [-0.2, 0) is 10.2 Å². The second-order valence-electron chi connectivity index (χ2n) is 13.4. The number of alkyl halides is 1. The van der Waals surface area contributed by atoms with Gasteiger partial charge >= 0.3 is 0 Å². The van der Waals surface area contributed by atoms with E-state index in [9.17, 15) is 14.4 Å². The van der Waals surface area contributed by atoms with Crippen molar-refractivity contribution in [3.8, 4) is 17.3 Å². The van der Waals surface area contributed by atoms with Crippen LogP contribution in [0.3, 0.4) is 0 Å². The molecule has 0 saturated heterocycles. The van der Waals surface area contributed by atoms with Gasteiger partial charge in [-0.05, 0) is 100 Å². The zero-order chi connectivity index (χ0) is 27.2. The number of rotatable bonds is 7. The topological polar surface area (TPSA) is 95.9 Å². The Kier molecular flexibility index (Phi) is 4.97. The summed E-state index contributed by atoms with van der Waals surface area (Å²) in [4.78, 5) is 25.4. The van der Waals surface area contributed by atoms with Gasteiger partial charge in [0.15, 0.2) is 5.82 Å². The van der Waals surface area contributed by atoms with E-state index in [1.54, 1.807) is 6.07 Å². The first kappa shape index (κ1) is 24.2. The van der Waals surface area contributed by atoms with Gasteiger partial charge in [0.05, 0.1) is 11.1 Å². The van der Waals surface area contributed by atoms with Crippen LogP contribution in [-0.4, -0.2) is 33.2 Å². The van der Waals surface area contributed by atoms with Crippen LogP contribution in [0, 0.1) is 22.2 Å². The zero-order valence-corrected chi connectivity index (χ0v) is 22.5. The molecule has 4 bridgehead atoms. The molecule has 7 nitrogen and oxygen atoms in total. The second kappa shape index (κ2) is 8.22. The summed E-state index contributed by atoms with van der Waals surface area (Å²) in [6.07, 6.45) is 9.33. The molecule has 1 aromatic carbocycles. The third kappa shape index (κ3) is 3.66. The predicted octanol–water partition coefficient (Wildman–Crippen LogP) is 6.40. The lowest BCUT2D eigenvalue weighted by atomic mass is 9.41. The Bertz CT molecular complexity index is 1520. The molecule has 0 aliphatic heterocycles. The van der Waals surface area contributed by atoms with E-state index in [-0.39, 0.29) is 16.7 Å². The number of nitriles is 1. The van der Waals surface area contributed by atoms with Crippen molar-refractivity contribution in [1.82, 2.24) is 15.1 Å². The number of fused-ring (bicyclic) bond motifs is 3. The van der Waals surface area contributed by atoms with Gasteiger partial charge in [-0.3, -0.25) is 4.79 Å². The van der Waals surface area contributed by atoms with Gasteiger partial charge < -0.3 is 9.42 Å². The van der Waals surface area contributed by atoms with Crippen molar-refractivity contribution in [3.63, 3.8) is 0 Å². The van der Waals surface area contributed by atoms with Gasteiger partial charge in [0.2, 0.25) is 11.8 Å². The molecule has 3 aromatic rings. The molecule has 0 N–H and O–H groups in total. The van der Waals surface area contributed by atoms with Gasteiger partial charge in [0.25, 0.3) is 0 Å². The maximum absolute atomic E-state index is 14.5. The summed E-state index contributed by atoms with van der Waals surface area (Å²) in [5.41, 5.74) is 1.02. The average molecular weight is 538 g/mol. The van der Waals surface area contributed by atoms with Crippen LogP contribution in [0.25, 0.3) is 11.3 Å². The van der Waals surface area contributed by atoms with Gasteiger partial charge in [-0.2, -0.15) is 10.2 Å². The zero-order valence-electron chi connectivity index (χ0n) is 22.5. The first-order chi connectivity index (χ1) is 19.3. The number of amides is 1. The van der Waals surface area contributed by atoms with Crippen LogP contribution in [0.1, 0.15) is 94.0 Å². The number of aromatic nitrogens is 3. The SMILES string of the molecule is N#Cc1cccc(-c2cccc(N(CC34CCC(c5nc(C6CC6)no5)(CC3)CC4)C(=O)C34CC(F)(C3)C4)c2)n1. The molecule has 8 heteroatoms. The molecule has 2 aromatic heterocycles. The maximum atomic E-state index is 14.5. The largest absolute Gasteiger partial charge is 0.339 e. The van der Waals surface area contributed by atoms with Crippen molar-refractivity contribution in [2.45, 2.75) is 87.6 Å². The molecule has 7 saturated carbocycles. The number of benzene rings is 1. The van der Waals surface area contributed by atoms with Crippen molar-refractivity contribution in [2.24, 2.45) is 10.8 Å². The molecular weight excluding hydrogens is 505 g/mol. The van der Waals surface area contributed by atoms with E-state index in [1.807, 2.05) is 41.3 Å². The van der Waals surface area contributed by atoms with Crippen molar-refractivity contribution in [3.05, 3.63) is 59.9 Å². The minimum atomic E-state index is -1.14. The highest BCUT2D eigenvalue weighted by Crippen LogP contribution is 2.70. The molecule has 7 aliphatic carbocycles. The highest BCUT2D eigenvalue weighted by atomic mass is 19.1. The van der Waals surface area contributed by atoms with Gasteiger partial charge in [0, 0.05) is 29.1 Å². The van der Waals surface area contributed by atoms with Crippen molar-refractivity contribution < 1.29 is 13.7 Å². The Balaban J connectivity index is 1.08. The summed E-state index contributed by atoms with van der Waals surface area (Å²) in [6, 6.07) is 15.4. The summed E-state index contributed by atoms with van der Waals surface area (Å²) in [7, 11) is 0. The Morgan fingerprint density at radius 3 is 2.42 bits per heavy atom. The van der Waals surface area contributed by atoms with E-state index in [0.29, 0.717) is 43.1 Å². The first-order valence-electron chi connectivity index (χ1n) is 14.7. The molecule has 7 fully saturated rings. The number of pyridine rings is 1. The van der Waals surface area contributed by atoms with Crippen LogP contribution >= 0.6 is 0 Å². The molecule has 0 radical (unpaired) electrons. The fourth-order valence-electron chi connectivity index (χ4n) is 8.06. The van der Waals surface area contributed by atoms with Gasteiger partial charge in [-0.15, -0.1) is 0 Å². The Morgan fingerprint density at radius 1 is 1.02 bits per heavy atom. The van der Waals surface area contributed by atoms with E-state index in [0.717, 1.165) is 74.3 Å². The molecule has 10 rings (SSSR count). The lowest BCUT2D eigenvalue weighted by molar-refractivity contribution is -0.211. The van der Waals surface area contributed by atoms with E-state index in [4.69, 9.17) is 9.51 Å². The van der Waals surface area contributed by atoms with Gasteiger partial charge in [-0.1, -0.05) is 23.4 Å². The number of carbonyl (C=O) groups excluding carboxylic acids is 1. The van der Waals surface area contributed by atoms with Crippen LogP contribution in [0.5, 0.6) is 0 Å². The molecule has 204 valence electrons. The van der Waals surface area contributed by atoms with E-state index in [1.165, 1.54) is 0 Å². The van der Waals surface area contributed by atoms with Gasteiger partial charge in [0.1, 0.15) is 17.4 Å². The highest BCUT2D eigenvalue weighted by Gasteiger charge is 2.73. The summed E-state index contributed by atoms with van der Waals surface area (Å²) < 4.78 is 20.4. The number of hydrogen-bond acceptors (Lipinski definition) is 6. The van der Waals surface area contributed by atoms with Gasteiger partial charge in [-0.25, -0.2) is 9.37 Å². The van der Waals surface area contributed by atoms with Crippen molar-refractivity contribution in [2.75, 3.05) is 11.4 Å². The molecule has 7 aliphatic rings.